The molecule has 3 aliphatic heterocycles. The lowest BCUT2D eigenvalue weighted by atomic mass is 9.32. The van der Waals surface area contributed by atoms with Crippen molar-refractivity contribution in [3.05, 3.63) is 233 Å². The summed E-state index contributed by atoms with van der Waals surface area (Å²) in [6.07, 6.45) is 6.84. The summed E-state index contributed by atoms with van der Waals surface area (Å²) in [6, 6.07) is 74.3. The van der Waals surface area contributed by atoms with Crippen LogP contribution in [0.1, 0.15) is 173 Å². The van der Waals surface area contributed by atoms with Crippen molar-refractivity contribution in [2.24, 2.45) is 0 Å². The minimum Gasteiger partial charge on any atom is -0.456 e. The van der Waals surface area contributed by atoms with E-state index in [0.29, 0.717) is 0 Å². The smallest absolute Gasteiger partial charge is 0.252 e. The highest BCUT2D eigenvalue weighted by Gasteiger charge is 2.59. The molecule has 0 bridgehead atoms. The number of para-hydroxylation sites is 1. The molecule has 12 aromatic rings. The first-order valence-electron chi connectivity index (χ1n) is 34.1. The number of anilines is 8. The summed E-state index contributed by atoms with van der Waals surface area (Å²) in [5.41, 5.74) is 28.8. The zero-order valence-corrected chi connectivity index (χ0v) is 56.7. The van der Waals surface area contributed by atoms with Gasteiger partial charge in [0.15, 0.2) is 0 Å². The first kappa shape index (κ1) is 56.4. The molecule has 0 N–H and O–H groups in total. The molecule has 3 aliphatic carbocycles. The lowest BCUT2D eigenvalue weighted by Crippen LogP contribution is -2.62. The van der Waals surface area contributed by atoms with Gasteiger partial charge in [0.1, 0.15) is 11.2 Å². The highest BCUT2D eigenvalue weighted by atomic mass is 32.1. The van der Waals surface area contributed by atoms with Crippen LogP contribution in [0.3, 0.4) is 0 Å². The van der Waals surface area contributed by atoms with Gasteiger partial charge in [-0.25, -0.2) is 0 Å². The van der Waals surface area contributed by atoms with Gasteiger partial charge >= 0.3 is 0 Å². The van der Waals surface area contributed by atoms with Crippen LogP contribution in [0.15, 0.2) is 192 Å². The van der Waals surface area contributed by atoms with Crippen LogP contribution >= 0.6 is 11.3 Å². The second kappa shape index (κ2) is 18.7. The Morgan fingerprint density at radius 3 is 1.64 bits per heavy atom. The number of benzene rings is 10. The topological polar surface area (TPSA) is 22.9 Å². The molecular formula is C86H82BN3OS. The lowest BCUT2D eigenvalue weighted by Gasteiger charge is -2.52. The third-order valence-corrected chi connectivity index (χ3v) is 25.6. The van der Waals surface area contributed by atoms with E-state index >= 15 is 0 Å². The van der Waals surface area contributed by atoms with E-state index in [1.165, 1.54) is 145 Å². The summed E-state index contributed by atoms with van der Waals surface area (Å²) in [5, 5.41) is 4.88. The minimum absolute atomic E-state index is 0.0375. The number of thiophene rings is 1. The number of furan rings is 1. The van der Waals surface area contributed by atoms with Crippen molar-refractivity contribution >= 4 is 122 Å². The SMILES string of the molecule is CC(C)(C)c1ccc(-c2ccc3c(c2)C2(C)CCCCC2(C)N3c2cc3c4c(c2)N(c2cccc5sc6ccccc6c25)c2cc5c(cc2B4c2cc4c(cc2N3c2cccc3oc6ccccc6c23)C(C)(C)CCC4(C)C)C(C)(C)c2ccccc2C5(C)C)cc1. The van der Waals surface area contributed by atoms with Gasteiger partial charge in [0.05, 0.1) is 22.3 Å². The van der Waals surface area contributed by atoms with Crippen LogP contribution in [0.25, 0.3) is 53.2 Å². The van der Waals surface area contributed by atoms with Gasteiger partial charge in [-0.3, -0.25) is 0 Å². The van der Waals surface area contributed by atoms with E-state index in [0.717, 1.165) is 53.3 Å². The quantitative estimate of drug-likeness (QED) is 0.164. The molecule has 1 saturated carbocycles. The van der Waals surface area contributed by atoms with Gasteiger partial charge in [0.25, 0.3) is 6.71 Å². The predicted molar refractivity (Wildman–Crippen MR) is 394 cm³/mol. The largest absolute Gasteiger partial charge is 0.456 e. The van der Waals surface area contributed by atoms with Crippen LogP contribution in [0.4, 0.5) is 45.5 Å². The lowest BCUT2D eigenvalue weighted by molar-refractivity contribution is 0.195. The molecule has 1 fully saturated rings. The number of hydrogen-bond donors (Lipinski definition) is 0. The van der Waals surface area contributed by atoms with Crippen molar-refractivity contribution in [3.8, 4) is 11.1 Å². The van der Waals surface area contributed by atoms with Gasteiger partial charge in [0.2, 0.25) is 0 Å². The van der Waals surface area contributed by atoms with Crippen LogP contribution in [0.5, 0.6) is 0 Å². The maximum absolute atomic E-state index is 6.94. The van der Waals surface area contributed by atoms with Crippen LogP contribution < -0.4 is 31.1 Å². The molecule has 2 aromatic heterocycles. The molecule has 18 rings (SSSR count). The van der Waals surface area contributed by atoms with E-state index in [4.69, 9.17) is 4.42 Å². The summed E-state index contributed by atoms with van der Waals surface area (Å²) >= 11 is 1.92. The molecule has 2 unspecified atom stereocenters. The van der Waals surface area contributed by atoms with Gasteiger partial charge in [0, 0.05) is 75.9 Å². The zero-order chi connectivity index (χ0) is 63.1. The number of fused-ring (bicyclic) bond motifs is 16. The minimum atomic E-state index is -0.286. The maximum Gasteiger partial charge on any atom is 0.252 e. The summed E-state index contributed by atoms with van der Waals surface area (Å²) < 4.78 is 9.55. The fourth-order valence-electron chi connectivity index (χ4n) is 19.0. The van der Waals surface area contributed by atoms with Gasteiger partial charge in [-0.1, -0.05) is 211 Å². The maximum atomic E-state index is 6.94. The number of nitrogens with zero attached hydrogens (tertiary/aromatic N) is 3. The monoisotopic (exact) mass is 1220 g/mol. The van der Waals surface area contributed by atoms with Crippen LogP contribution in [-0.4, -0.2) is 12.3 Å². The van der Waals surface area contributed by atoms with E-state index in [1.807, 2.05) is 11.3 Å². The molecule has 6 aliphatic rings. The van der Waals surface area contributed by atoms with Crippen molar-refractivity contribution in [3.63, 3.8) is 0 Å². The van der Waals surface area contributed by atoms with Crippen molar-refractivity contribution in [1.82, 2.24) is 0 Å². The molecule has 92 heavy (non-hydrogen) atoms. The molecule has 6 heteroatoms. The molecule has 4 nitrogen and oxygen atoms in total. The Labute approximate surface area is 548 Å². The Morgan fingerprint density at radius 1 is 0.413 bits per heavy atom. The van der Waals surface area contributed by atoms with Crippen molar-refractivity contribution in [2.45, 2.75) is 167 Å². The first-order chi connectivity index (χ1) is 44.0. The summed E-state index contributed by atoms with van der Waals surface area (Å²) in [4.78, 5) is 8.39. The fraction of sp³-hybridized carbons (Fsp3) is 0.302. The summed E-state index contributed by atoms with van der Waals surface area (Å²) in [7, 11) is 0. The molecule has 5 heterocycles. The third-order valence-electron chi connectivity index (χ3n) is 24.5. The predicted octanol–water partition coefficient (Wildman–Crippen LogP) is 22.1. The van der Waals surface area contributed by atoms with E-state index in [2.05, 4.69) is 293 Å². The van der Waals surface area contributed by atoms with Crippen LogP contribution in [0, 0.1) is 0 Å². The third kappa shape index (κ3) is 7.48. The molecule has 2 atom stereocenters. The van der Waals surface area contributed by atoms with Gasteiger partial charge in [-0.15, -0.1) is 11.3 Å². The average Bonchev–Trinajstić information content (AvgIpc) is 0.812. The van der Waals surface area contributed by atoms with E-state index in [9.17, 15) is 0 Å². The Bertz CT molecular complexity index is 5180. The van der Waals surface area contributed by atoms with Gasteiger partial charge in [-0.05, 0) is 194 Å². The number of hydrogen-bond acceptors (Lipinski definition) is 5. The second-order valence-electron chi connectivity index (χ2n) is 32.2. The van der Waals surface area contributed by atoms with Crippen LogP contribution in [-0.2, 0) is 32.5 Å². The average molecular weight is 1220 g/mol. The molecule has 0 amide bonds. The van der Waals surface area contributed by atoms with Gasteiger partial charge < -0.3 is 19.1 Å². The zero-order valence-electron chi connectivity index (χ0n) is 55.9. The Kier molecular flexibility index (Phi) is 11.5. The highest BCUT2D eigenvalue weighted by molar-refractivity contribution is 7.26. The molecule has 0 saturated heterocycles. The molecule has 456 valence electrons. The molecular weight excluding hydrogens is 1130 g/mol. The van der Waals surface area contributed by atoms with E-state index < -0.39 is 0 Å². The van der Waals surface area contributed by atoms with E-state index in [-0.39, 0.29) is 44.7 Å². The second-order valence-corrected chi connectivity index (χ2v) is 33.3. The summed E-state index contributed by atoms with van der Waals surface area (Å²) in [5.74, 6) is 0. The first-order valence-corrected chi connectivity index (χ1v) is 34.9. The molecule has 10 aromatic carbocycles. The molecule has 0 spiro atoms. The summed E-state index contributed by atoms with van der Waals surface area (Å²) in [6.45, 7) is 32.0. The number of rotatable bonds is 4. The normalized spacial score (nSPS) is 21.0. The highest BCUT2D eigenvalue weighted by Crippen LogP contribution is 2.64. The Morgan fingerprint density at radius 2 is 0.957 bits per heavy atom. The fourth-order valence-corrected chi connectivity index (χ4v) is 20.1. The van der Waals surface area contributed by atoms with Crippen molar-refractivity contribution < 1.29 is 4.42 Å². The molecule has 0 radical (unpaired) electrons. The Hall–Kier alpha value is -8.32. The van der Waals surface area contributed by atoms with Crippen molar-refractivity contribution in [1.29, 1.82) is 0 Å². The van der Waals surface area contributed by atoms with Gasteiger partial charge in [-0.2, -0.15) is 0 Å². The van der Waals surface area contributed by atoms with Crippen LogP contribution in [0.2, 0.25) is 0 Å². The Balaban J connectivity index is 1.00. The van der Waals surface area contributed by atoms with Crippen molar-refractivity contribution in [2.75, 3.05) is 14.7 Å². The standard InChI is InChI=1S/C86H82BN3OS/c1-80(2,3)53-37-34-51(35-38-53)52-36-39-66-63(44-52)85(12)40-20-21-41-86(85,13)90(66)54-45-71-79-72(46-54)89(68-29-23-33-76-78(68)56-25-15-19-32-75(56)92-76)70-50-62-61(83(8,9)57-26-16-17-27-58(57)84(62,10)11)48-65(70)87(79)64-47-59-60(82(6,7)43-42-81(59,4)5)49-69(64)88(71)67-28-22-31-74-77(67)55-24-14-18-30-73(55)91-74/h14-19,22-39,44-50H,20-21,40-43H2,1-13H3. The van der Waals surface area contributed by atoms with E-state index in [1.54, 1.807) is 0 Å².